The Balaban J connectivity index is 1.16. The molecule has 181 valence electrons. The predicted molar refractivity (Wildman–Crippen MR) is 129 cm³/mol. The van der Waals surface area contributed by atoms with Crippen molar-refractivity contribution in [2.75, 3.05) is 6.61 Å². The molecule has 2 aromatic carbocycles. The number of ether oxygens (including phenoxy) is 3. The van der Waals surface area contributed by atoms with Gasteiger partial charge < -0.3 is 29.3 Å². The summed E-state index contributed by atoms with van der Waals surface area (Å²) in [5.41, 5.74) is 4.04. The van der Waals surface area contributed by atoms with Gasteiger partial charge in [-0.3, -0.25) is 9.59 Å². The second kappa shape index (κ2) is 10.3. The number of aliphatic hydroxyl groups excluding tert-OH is 1. The Kier molecular flexibility index (Phi) is 6.83. The molecule has 3 N–H and O–H groups in total. The molecule has 0 bridgehead atoms. The van der Waals surface area contributed by atoms with Crippen LogP contribution in [0.15, 0.2) is 60.9 Å². The summed E-state index contributed by atoms with van der Waals surface area (Å²) in [7, 11) is 0. The number of hydrogen-bond acceptors (Lipinski definition) is 6. The van der Waals surface area contributed by atoms with Gasteiger partial charge in [-0.2, -0.15) is 0 Å². The quantitative estimate of drug-likeness (QED) is 0.336. The van der Waals surface area contributed by atoms with Gasteiger partial charge in [0.15, 0.2) is 12.4 Å². The van der Waals surface area contributed by atoms with Crippen LogP contribution >= 0.6 is 0 Å². The van der Waals surface area contributed by atoms with Crippen LogP contribution in [0.3, 0.4) is 0 Å². The number of esters is 2. The molecule has 1 fully saturated rings. The van der Waals surface area contributed by atoms with Crippen LogP contribution in [0.25, 0.3) is 21.8 Å². The van der Waals surface area contributed by atoms with Crippen LogP contribution in [-0.4, -0.2) is 52.1 Å². The number of carbonyl (C=O) groups excluding carboxylic acids is 2. The summed E-state index contributed by atoms with van der Waals surface area (Å²) in [5.74, 6) is -0.941. The molecule has 1 aliphatic rings. The van der Waals surface area contributed by atoms with E-state index in [0.717, 1.165) is 32.9 Å². The smallest absolute Gasteiger partial charge is 0.306 e. The van der Waals surface area contributed by atoms with Gasteiger partial charge in [-0.1, -0.05) is 36.4 Å². The van der Waals surface area contributed by atoms with E-state index in [0.29, 0.717) is 12.8 Å². The van der Waals surface area contributed by atoms with Crippen LogP contribution in [0.1, 0.15) is 24.0 Å². The van der Waals surface area contributed by atoms with E-state index >= 15 is 0 Å². The summed E-state index contributed by atoms with van der Waals surface area (Å²) in [6, 6.07) is 15.7. The van der Waals surface area contributed by atoms with E-state index in [1.807, 2.05) is 60.9 Å². The molecule has 0 saturated carbocycles. The molecule has 4 aromatic rings. The summed E-state index contributed by atoms with van der Waals surface area (Å²) in [4.78, 5) is 31.5. The second-order valence-corrected chi connectivity index (χ2v) is 8.59. The number of aromatic nitrogens is 2. The van der Waals surface area contributed by atoms with Crippen molar-refractivity contribution in [2.24, 2.45) is 0 Å². The molecule has 0 spiro atoms. The number of H-pyrrole nitrogens is 2. The van der Waals surface area contributed by atoms with E-state index < -0.39 is 30.4 Å². The van der Waals surface area contributed by atoms with Gasteiger partial charge in [0.25, 0.3) is 0 Å². The minimum absolute atomic E-state index is 0.0882. The van der Waals surface area contributed by atoms with Gasteiger partial charge in [-0.25, -0.2) is 0 Å². The molecule has 1 radical (unpaired) electrons. The zero-order chi connectivity index (χ0) is 24.2. The first kappa shape index (κ1) is 23.1. The number of carbonyl (C=O) groups is 2. The molecule has 1 saturated heterocycles. The number of para-hydroxylation sites is 2. The SMILES string of the molecule is O=C(CCc1c[nH]c2ccccc12)O[C@@H]1[CH]COC(O)[C@@H]1OC(=O)CCc1c[nH]c2ccccc12. The zero-order valence-corrected chi connectivity index (χ0v) is 19.1. The van der Waals surface area contributed by atoms with Crippen molar-refractivity contribution in [3.05, 3.63) is 78.5 Å². The maximum atomic E-state index is 12.6. The van der Waals surface area contributed by atoms with Crippen molar-refractivity contribution in [3.8, 4) is 0 Å². The minimum Gasteiger partial charge on any atom is -0.458 e. The number of aliphatic hydroxyl groups is 1. The summed E-state index contributed by atoms with van der Waals surface area (Å²) < 4.78 is 16.3. The number of aromatic amines is 2. The van der Waals surface area contributed by atoms with Crippen molar-refractivity contribution >= 4 is 33.7 Å². The fourth-order valence-corrected chi connectivity index (χ4v) is 4.45. The van der Waals surface area contributed by atoms with Gasteiger partial charge in [0.05, 0.1) is 6.61 Å². The third-order valence-electron chi connectivity index (χ3n) is 6.28. The monoisotopic (exact) mass is 475 g/mol. The normalized spacial score (nSPS) is 20.2. The predicted octanol–water partition coefficient (Wildman–Crippen LogP) is 3.59. The van der Waals surface area contributed by atoms with E-state index in [-0.39, 0.29) is 19.4 Å². The fraction of sp³-hybridized carbons (Fsp3) is 0.296. The van der Waals surface area contributed by atoms with Crippen LogP contribution in [0.2, 0.25) is 0 Å². The highest BCUT2D eigenvalue weighted by atomic mass is 16.7. The summed E-state index contributed by atoms with van der Waals surface area (Å²) in [6.45, 7) is 0.0882. The lowest BCUT2D eigenvalue weighted by molar-refractivity contribution is -0.226. The molecule has 3 atom stereocenters. The molecule has 1 aliphatic heterocycles. The first-order valence-corrected chi connectivity index (χ1v) is 11.7. The Bertz CT molecular complexity index is 1330. The standard InChI is InChI=1S/C27H27N2O6/c30-24(11-9-17-15-28-21-7-3-1-5-19(17)21)34-23-13-14-33-27(32)26(23)35-25(31)12-10-18-16-29-22-8-4-2-6-20(18)22/h1-8,13,15-16,23,26-29,32H,9-12,14H2/t23-,26-,27?/m1/s1. The van der Waals surface area contributed by atoms with Crippen molar-refractivity contribution in [1.29, 1.82) is 0 Å². The number of nitrogens with one attached hydrogen (secondary N) is 2. The van der Waals surface area contributed by atoms with Gasteiger partial charge in [0.2, 0.25) is 0 Å². The molecule has 35 heavy (non-hydrogen) atoms. The molecule has 3 heterocycles. The zero-order valence-electron chi connectivity index (χ0n) is 19.1. The van der Waals surface area contributed by atoms with E-state index in [2.05, 4.69) is 9.97 Å². The molecule has 1 unspecified atom stereocenters. The first-order chi connectivity index (χ1) is 17.1. The lowest BCUT2D eigenvalue weighted by Gasteiger charge is -2.34. The first-order valence-electron chi connectivity index (χ1n) is 11.7. The number of hydrogen-bond donors (Lipinski definition) is 3. The van der Waals surface area contributed by atoms with Crippen molar-refractivity contribution in [3.63, 3.8) is 0 Å². The van der Waals surface area contributed by atoms with Crippen molar-refractivity contribution < 1.29 is 28.9 Å². The fourth-order valence-electron chi connectivity index (χ4n) is 4.45. The van der Waals surface area contributed by atoms with E-state index in [1.165, 1.54) is 0 Å². The van der Waals surface area contributed by atoms with Crippen LogP contribution in [0, 0.1) is 6.42 Å². The van der Waals surface area contributed by atoms with Gasteiger partial charge in [-0.05, 0) is 36.1 Å². The Morgan fingerprint density at radius 1 is 0.857 bits per heavy atom. The lowest BCUT2D eigenvalue weighted by Crippen LogP contribution is -2.49. The van der Waals surface area contributed by atoms with Crippen LogP contribution in [0.5, 0.6) is 0 Å². The maximum Gasteiger partial charge on any atom is 0.306 e. The Labute approximate surface area is 202 Å². The molecule has 5 rings (SSSR count). The molecular weight excluding hydrogens is 448 g/mol. The molecule has 2 aromatic heterocycles. The largest absolute Gasteiger partial charge is 0.458 e. The average molecular weight is 476 g/mol. The van der Waals surface area contributed by atoms with Gasteiger partial charge >= 0.3 is 11.9 Å². The van der Waals surface area contributed by atoms with Crippen molar-refractivity contribution in [2.45, 2.75) is 44.2 Å². The highest BCUT2D eigenvalue weighted by Gasteiger charge is 2.39. The van der Waals surface area contributed by atoms with Crippen LogP contribution in [-0.2, 0) is 36.6 Å². The third kappa shape index (κ3) is 5.23. The highest BCUT2D eigenvalue weighted by Crippen LogP contribution is 2.23. The third-order valence-corrected chi connectivity index (χ3v) is 6.28. The molecule has 0 aliphatic carbocycles. The summed E-state index contributed by atoms with van der Waals surface area (Å²) in [6.07, 6.45) is 3.24. The Morgan fingerprint density at radius 2 is 1.40 bits per heavy atom. The summed E-state index contributed by atoms with van der Waals surface area (Å²) >= 11 is 0. The van der Waals surface area contributed by atoms with Gasteiger partial charge in [0, 0.05) is 53.5 Å². The summed E-state index contributed by atoms with van der Waals surface area (Å²) in [5, 5.41) is 12.4. The molecule has 0 amide bonds. The van der Waals surface area contributed by atoms with Gasteiger partial charge in [0.1, 0.15) is 6.10 Å². The van der Waals surface area contributed by atoms with E-state index in [9.17, 15) is 14.7 Å². The topological polar surface area (TPSA) is 114 Å². The molecule has 8 heteroatoms. The lowest BCUT2D eigenvalue weighted by atomic mass is 10.1. The number of fused-ring (bicyclic) bond motifs is 2. The van der Waals surface area contributed by atoms with Crippen molar-refractivity contribution in [1.82, 2.24) is 9.97 Å². The highest BCUT2D eigenvalue weighted by molar-refractivity contribution is 5.84. The second-order valence-electron chi connectivity index (χ2n) is 8.59. The Hall–Kier alpha value is -3.62. The number of benzene rings is 2. The van der Waals surface area contributed by atoms with E-state index in [1.54, 1.807) is 6.42 Å². The van der Waals surface area contributed by atoms with Crippen LogP contribution < -0.4 is 0 Å². The number of rotatable bonds is 8. The average Bonchev–Trinajstić information content (AvgIpc) is 3.48. The minimum atomic E-state index is -1.37. The van der Waals surface area contributed by atoms with Crippen LogP contribution in [0.4, 0.5) is 0 Å². The van der Waals surface area contributed by atoms with E-state index in [4.69, 9.17) is 14.2 Å². The maximum absolute atomic E-state index is 12.6. The Morgan fingerprint density at radius 3 is 2.00 bits per heavy atom. The van der Waals surface area contributed by atoms with Gasteiger partial charge in [-0.15, -0.1) is 0 Å². The number of aryl methyl sites for hydroxylation is 2. The molecular formula is C27H27N2O6. The molecule has 8 nitrogen and oxygen atoms in total.